The van der Waals surface area contributed by atoms with E-state index < -0.39 is 6.10 Å². The van der Waals surface area contributed by atoms with E-state index in [-0.39, 0.29) is 5.91 Å². The first-order valence-electron chi connectivity index (χ1n) is 4.85. The zero-order valence-electron chi connectivity index (χ0n) is 9.28. The Morgan fingerprint density at radius 1 is 1.60 bits per heavy atom. The van der Waals surface area contributed by atoms with Crippen molar-refractivity contribution in [3.63, 3.8) is 0 Å². The van der Waals surface area contributed by atoms with Crippen molar-refractivity contribution in [2.75, 3.05) is 7.11 Å². The van der Waals surface area contributed by atoms with E-state index in [1.54, 1.807) is 13.1 Å². The van der Waals surface area contributed by atoms with Gasteiger partial charge in [0.25, 0.3) is 0 Å². The predicted molar refractivity (Wildman–Crippen MR) is 57.3 cm³/mol. The van der Waals surface area contributed by atoms with Crippen molar-refractivity contribution < 1.29 is 9.53 Å². The average Bonchev–Trinajstić information content (AvgIpc) is 2.26. The third-order valence-electron chi connectivity index (χ3n) is 2.16. The average molecular weight is 208 g/mol. The molecular weight excluding hydrogens is 192 g/mol. The highest BCUT2D eigenvalue weighted by Gasteiger charge is 2.10. The minimum Gasteiger partial charge on any atom is -0.372 e. The highest BCUT2D eigenvalue weighted by molar-refractivity contribution is 5.80. The van der Waals surface area contributed by atoms with Crippen molar-refractivity contribution in [2.45, 2.75) is 26.5 Å². The van der Waals surface area contributed by atoms with E-state index >= 15 is 0 Å². The molecule has 4 nitrogen and oxygen atoms in total. The third-order valence-corrected chi connectivity index (χ3v) is 2.16. The van der Waals surface area contributed by atoms with E-state index in [9.17, 15) is 4.79 Å². The monoisotopic (exact) mass is 208 g/mol. The van der Waals surface area contributed by atoms with Crippen molar-refractivity contribution in [3.05, 3.63) is 29.6 Å². The van der Waals surface area contributed by atoms with Crippen LogP contribution in [0.3, 0.4) is 0 Å². The number of carbonyl (C=O) groups excluding carboxylic acids is 1. The van der Waals surface area contributed by atoms with Gasteiger partial charge in [-0.3, -0.25) is 9.78 Å². The lowest BCUT2D eigenvalue weighted by Crippen LogP contribution is -2.33. The van der Waals surface area contributed by atoms with Crippen LogP contribution in [-0.4, -0.2) is 24.1 Å². The van der Waals surface area contributed by atoms with Crippen LogP contribution >= 0.6 is 0 Å². The van der Waals surface area contributed by atoms with Crippen molar-refractivity contribution in [2.24, 2.45) is 0 Å². The van der Waals surface area contributed by atoms with Gasteiger partial charge in [0.1, 0.15) is 6.10 Å². The molecule has 1 aromatic heterocycles. The Hall–Kier alpha value is -1.42. The van der Waals surface area contributed by atoms with Gasteiger partial charge >= 0.3 is 0 Å². The molecule has 0 aliphatic carbocycles. The number of carbonyl (C=O) groups is 1. The van der Waals surface area contributed by atoms with Gasteiger partial charge in [0.15, 0.2) is 0 Å². The maximum atomic E-state index is 11.4. The van der Waals surface area contributed by atoms with E-state index in [4.69, 9.17) is 4.74 Å². The minimum absolute atomic E-state index is 0.113. The van der Waals surface area contributed by atoms with Crippen molar-refractivity contribution in [1.82, 2.24) is 10.3 Å². The SMILES string of the molecule is COC(C)C(=O)NCc1ccc(C)nc1. The standard InChI is InChI=1S/C11H16N2O2/c1-8-4-5-10(6-12-8)7-13-11(14)9(2)15-3/h4-6,9H,7H2,1-3H3,(H,13,14). The normalized spacial score (nSPS) is 12.2. The molecule has 4 heteroatoms. The van der Waals surface area contributed by atoms with Gasteiger partial charge in [-0.05, 0) is 25.5 Å². The number of aryl methyl sites for hydroxylation is 1. The predicted octanol–water partition coefficient (Wildman–Crippen LogP) is 1.04. The van der Waals surface area contributed by atoms with E-state index in [0.29, 0.717) is 6.54 Å². The summed E-state index contributed by atoms with van der Waals surface area (Å²) in [5.74, 6) is -0.113. The molecule has 1 atom stereocenters. The summed E-state index contributed by atoms with van der Waals surface area (Å²) in [5, 5.41) is 2.77. The van der Waals surface area contributed by atoms with Crippen molar-refractivity contribution in [1.29, 1.82) is 0 Å². The zero-order valence-corrected chi connectivity index (χ0v) is 9.28. The highest BCUT2D eigenvalue weighted by atomic mass is 16.5. The summed E-state index contributed by atoms with van der Waals surface area (Å²) in [7, 11) is 1.51. The van der Waals surface area contributed by atoms with Gasteiger partial charge in [-0.2, -0.15) is 0 Å². The lowest BCUT2D eigenvalue weighted by molar-refractivity contribution is -0.130. The summed E-state index contributed by atoms with van der Waals surface area (Å²) in [5.41, 5.74) is 1.95. The lowest BCUT2D eigenvalue weighted by Gasteiger charge is -2.10. The molecule has 1 unspecified atom stereocenters. The number of amides is 1. The number of pyridine rings is 1. The Labute approximate surface area is 89.7 Å². The van der Waals surface area contributed by atoms with Gasteiger partial charge in [0.05, 0.1) is 0 Å². The molecule has 1 heterocycles. The maximum absolute atomic E-state index is 11.4. The molecule has 0 aromatic carbocycles. The number of nitrogens with zero attached hydrogens (tertiary/aromatic N) is 1. The second kappa shape index (κ2) is 5.46. The molecule has 0 aliphatic rings. The zero-order chi connectivity index (χ0) is 11.3. The van der Waals surface area contributed by atoms with Gasteiger partial charge in [-0.15, -0.1) is 0 Å². The van der Waals surface area contributed by atoms with E-state index in [0.717, 1.165) is 11.3 Å². The number of rotatable bonds is 4. The molecule has 1 rings (SSSR count). The molecule has 0 aliphatic heterocycles. The number of aromatic nitrogens is 1. The second-order valence-electron chi connectivity index (χ2n) is 3.40. The quantitative estimate of drug-likeness (QED) is 0.804. The van der Waals surface area contributed by atoms with Crippen molar-refractivity contribution in [3.8, 4) is 0 Å². The van der Waals surface area contributed by atoms with Crippen LogP contribution in [0.1, 0.15) is 18.2 Å². The summed E-state index contributed by atoms with van der Waals surface area (Å²) >= 11 is 0. The molecule has 0 saturated carbocycles. The molecule has 82 valence electrons. The first kappa shape index (κ1) is 11.7. The first-order valence-corrected chi connectivity index (χ1v) is 4.85. The van der Waals surface area contributed by atoms with E-state index in [1.165, 1.54) is 7.11 Å². The Morgan fingerprint density at radius 2 is 2.33 bits per heavy atom. The molecule has 15 heavy (non-hydrogen) atoms. The minimum atomic E-state index is -0.414. The van der Waals surface area contributed by atoms with Gasteiger partial charge in [0.2, 0.25) is 5.91 Å². The van der Waals surface area contributed by atoms with E-state index in [1.807, 2.05) is 19.1 Å². The summed E-state index contributed by atoms with van der Waals surface area (Å²) < 4.78 is 4.89. The topological polar surface area (TPSA) is 51.2 Å². The number of nitrogens with one attached hydrogen (secondary N) is 1. The summed E-state index contributed by atoms with van der Waals surface area (Å²) in [6.45, 7) is 4.12. The first-order chi connectivity index (χ1) is 7.13. The molecule has 0 bridgehead atoms. The molecule has 1 aromatic rings. The maximum Gasteiger partial charge on any atom is 0.249 e. The van der Waals surface area contributed by atoms with E-state index in [2.05, 4.69) is 10.3 Å². The summed E-state index contributed by atoms with van der Waals surface area (Å²) in [4.78, 5) is 15.5. The van der Waals surface area contributed by atoms with Crippen LogP contribution in [0.25, 0.3) is 0 Å². The highest BCUT2D eigenvalue weighted by Crippen LogP contribution is 1.99. The smallest absolute Gasteiger partial charge is 0.249 e. The van der Waals surface area contributed by atoms with Crippen LogP contribution in [0.15, 0.2) is 18.3 Å². The lowest BCUT2D eigenvalue weighted by atomic mass is 10.2. The molecule has 0 radical (unpaired) electrons. The number of hydrogen-bond acceptors (Lipinski definition) is 3. The molecule has 0 fully saturated rings. The van der Waals surface area contributed by atoms with Crippen LogP contribution < -0.4 is 5.32 Å². The number of hydrogen-bond donors (Lipinski definition) is 1. The summed E-state index contributed by atoms with van der Waals surface area (Å²) in [6.07, 6.45) is 1.34. The Kier molecular flexibility index (Phi) is 4.24. The Morgan fingerprint density at radius 3 is 2.87 bits per heavy atom. The Balaban J connectivity index is 2.43. The van der Waals surface area contributed by atoms with Gasteiger partial charge in [-0.1, -0.05) is 6.07 Å². The van der Waals surface area contributed by atoms with Gasteiger partial charge in [-0.25, -0.2) is 0 Å². The van der Waals surface area contributed by atoms with Crippen LogP contribution in [0, 0.1) is 6.92 Å². The fourth-order valence-electron chi connectivity index (χ4n) is 1.04. The van der Waals surface area contributed by atoms with Crippen LogP contribution in [0.2, 0.25) is 0 Å². The number of ether oxygens (including phenoxy) is 1. The molecule has 1 amide bonds. The van der Waals surface area contributed by atoms with Crippen molar-refractivity contribution >= 4 is 5.91 Å². The van der Waals surface area contributed by atoms with Crippen LogP contribution in [0.5, 0.6) is 0 Å². The molecular formula is C11H16N2O2. The fraction of sp³-hybridized carbons (Fsp3) is 0.455. The van der Waals surface area contributed by atoms with Crippen LogP contribution in [-0.2, 0) is 16.1 Å². The second-order valence-corrected chi connectivity index (χ2v) is 3.40. The largest absolute Gasteiger partial charge is 0.372 e. The fourth-order valence-corrected chi connectivity index (χ4v) is 1.04. The molecule has 0 saturated heterocycles. The summed E-state index contributed by atoms with van der Waals surface area (Å²) in [6, 6.07) is 3.86. The van der Waals surface area contributed by atoms with Crippen LogP contribution in [0.4, 0.5) is 0 Å². The molecule has 1 N–H and O–H groups in total. The third kappa shape index (κ3) is 3.67. The molecule has 0 spiro atoms. The van der Waals surface area contributed by atoms with Gasteiger partial charge in [0, 0.05) is 25.5 Å². The number of methoxy groups -OCH3 is 1. The Bertz CT molecular complexity index is 322. The van der Waals surface area contributed by atoms with Gasteiger partial charge < -0.3 is 10.1 Å².